The summed E-state index contributed by atoms with van der Waals surface area (Å²) in [6.07, 6.45) is 0.338. The number of sulfonamides is 1. The predicted octanol–water partition coefficient (Wildman–Crippen LogP) is 4.30. The van der Waals surface area contributed by atoms with E-state index in [9.17, 15) is 13.2 Å². The van der Waals surface area contributed by atoms with Gasteiger partial charge in [-0.15, -0.1) is 0 Å². The molecule has 1 N–H and O–H groups in total. The van der Waals surface area contributed by atoms with Crippen LogP contribution in [-0.2, 0) is 21.2 Å². The van der Waals surface area contributed by atoms with Crippen molar-refractivity contribution in [3.63, 3.8) is 0 Å². The van der Waals surface area contributed by atoms with Gasteiger partial charge in [0.25, 0.3) is 0 Å². The quantitative estimate of drug-likeness (QED) is 0.575. The highest BCUT2D eigenvalue weighted by atomic mass is 32.2. The number of anilines is 2. The van der Waals surface area contributed by atoms with Crippen molar-refractivity contribution in [1.29, 1.82) is 0 Å². The van der Waals surface area contributed by atoms with Gasteiger partial charge in [-0.05, 0) is 67.8 Å². The number of aryl methyl sites for hydroxylation is 3. The van der Waals surface area contributed by atoms with Crippen LogP contribution in [0.2, 0.25) is 0 Å². The lowest BCUT2D eigenvalue weighted by atomic mass is 10.0. The predicted molar refractivity (Wildman–Crippen MR) is 137 cm³/mol. The standard InChI is InChI=1S/C27H31N3O3S/c1-20-8-9-23(22(3)18-20)19-27(31)28-24-10-12-25(13-11-24)29-14-16-30(17-15-29)34(32,33)26-7-5-4-6-21(26)2/h4-13,18H,14-17,19H2,1-3H3,(H,28,31). The number of piperazine rings is 1. The molecule has 4 rings (SSSR count). The molecule has 1 fully saturated rings. The van der Waals surface area contributed by atoms with Gasteiger partial charge >= 0.3 is 0 Å². The van der Waals surface area contributed by atoms with E-state index in [0.717, 1.165) is 28.1 Å². The molecule has 1 aliphatic rings. The second kappa shape index (κ2) is 9.99. The van der Waals surface area contributed by atoms with Crippen molar-refractivity contribution in [3.8, 4) is 0 Å². The average Bonchev–Trinajstić information content (AvgIpc) is 2.82. The highest BCUT2D eigenvalue weighted by Crippen LogP contribution is 2.24. The Morgan fingerprint density at radius 2 is 1.53 bits per heavy atom. The van der Waals surface area contributed by atoms with Crippen molar-refractivity contribution in [1.82, 2.24) is 4.31 Å². The fourth-order valence-electron chi connectivity index (χ4n) is 4.35. The third-order valence-corrected chi connectivity index (χ3v) is 8.37. The summed E-state index contributed by atoms with van der Waals surface area (Å²) in [6.45, 7) is 7.99. The maximum absolute atomic E-state index is 13.0. The number of carbonyl (C=O) groups is 1. The van der Waals surface area contributed by atoms with Crippen LogP contribution in [0.4, 0.5) is 11.4 Å². The van der Waals surface area contributed by atoms with Gasteiger partial charge < -0.3 is 10.2 Å². The average molecular weight is 478 g/mol. The molecule has 0 saturated carbocycles. The molecule has 0 spiro atoms. The molecular weight excluding hydrogens is 446 g/mol. The van der Waals surface area contributed by atoms with Crippen LogP contribution in [0.1, 0.15) is 22.3 Å². The van der Waals surface area contributed by atoms with Gasteiger partial charge in [-0.3, -0.25) is 4.79 Å². The fraction of sp³-hybridized carbons (Fsp3) is 0.296. The Morgan fingerprint density at radius 3 is 2.18 bits per heavy atom. The summed E-state index contributed by atoms with van der Waals surface area (Å²) in [6, 6.07) is 21.0. The van der Waals surface area contributed by atoms with Crippen LogP contribution in [0.3, 0.4) is 0 Å². The van der Waals surface area contributed by atoms with Gasteiger partial charge in [0.15, 0.2) is 0 Å². The number of benzene rings is 3. The minimum Gasteiger partial charge on any atom is -0.369 e. The SMILES string of the molecule is Cc1ccc(CC(=O)Nc2ccc(N3CCN(S(=O)(=O)c4ccccc4C)CC3)cc2)c(C)c1. The van der Waals surface area contributed by atoms with Gasteiger partial charge in [0.1, 0.15) is 0 Å². The molecule has 1 amide bonds. The second-order valence-electron chi connectivity index (χ2n) is 8.86. The molecule has 0 atom stereocenters. The number of hydrogen-bond acceptors (Lipinski definition) is 4. The van der Waals surface area contributed by atoms with Gasteiger partial charge in [0.05, 0.1) is 11.3 Å². The molecule has 6 nitrogen and oxygen atoms in total. The molecule has 0 aromatic heterocycles. The molecule has 3 aromatic carbocycles. The molecule has 7 heteroatoms. The van der Waals surface area contributed by atoms with Crippen molar-refractivity contribution in [2.45, 2.75) is 32.1 Å². The Hall–Kier alpha value is -3.16. The van der Waals surface area contributed by atoms with Gasteiger partial charge in [-0.2, -0.15) is 4.31 Å². The molecule has 1 heterocycles. The van der Waals surface area contributed by atoms with Gasteiger partial charge in [0.2, 0.25) is 15.9 Å². The first-order chi connectivity index (χ1) is 16.2. The largest absolute Gasteiger partial charge is 0.369 e. The summed E-state index contributed by atoms with van der Waals surface area (Å²) in [4.78, 5) is 15.0. The normalized spacial score (nSPS) is 14.7. The maximum Gasteiger partial charge on any atom is 0.243 e. The maximum atomic E-state index is 13.0. The smallest absolute Gasteiger partial charge is 0.243 e. The van der Waals surface area contributed by atoms with Crippen molar-refractivity contribution < 1.29 is 13.2 Å². The second-order valence-corrected chi connectivity index (χ2v) is 10.8. The minimum absolute atomic E-state index is 0.0465. The number of nitrogens with zero attached hydrogens (tertiary/aromatic N) is 2. The number of nitrogens with one attached hydrogen (secondary N) is 1. The topological polar surface area (TPSA) is 69.7 Å². The number of amides is 1. The van der Waals surface area contributed by atoms with Gasteiger partial charge in [-0.25, -0.2) is 8.42 Å². The number of carbonyl (C=O) groups excluding carboxylic acids is 1. The summed E-state index contributed by atoms with van der Waals surface area (Å²) >= 11 is 0. The van der Waals surface area contributed by atoms with E-state index >= 15 is 0 Å². The summed E-state index contributed by atoms with van der Waals surface area (Å²) < 4.78 is 27.6. The monoisotopic (exact) mass is 477 g/mol. The molecule has 1 saturated heterocycles. The lowest BCUT2D eigenvalue weighted by molar-refractivity contribution is -0.115. The molecular formula is C27H31N3O3S. The minimum atomic E-state index is -3.49. The van der Waals surface area contributed by atoms with E-state index in [4.69, 9.17) is 0 Å². The van der Waals surface area contributed by atoms with E-state index in [-0.39, 0.29) is 5.91 Å². The highest BCUT2D eigenvalue weighted by Gasteiger charge is 2.29. The van der Waals surface area contributed by atoms with E-state index in [0.29, 0.717) is 37.5 Å². The number of rotatable bonds is 6. The van der Waals surface area contributed by atoms with Crippen LogP contribution in [0, 0.1) is 20.8 Å². The summed E-state index contributed by atoms with van der Waals surface area (Å²) in [5.74, 6) is -0.0465. The van der Waals surface area contributed by atoms with Crippen LogP contribution in [0.25, 0.3) is 0 Å². The molecule has 34 heavy (non-hydrogen) atoms. The van der Waals surface area contributed by atoms with Gasteiger partial charge in [-0.1, -0.05) is 42.0 Å². The molecule has 0 unspecified atom stereocenters. The molecule has 1 aliphatic heterocycles. The van der Waals surface area contributed by atoms with Crippen molar-refractivity contribution in [2.75, 3.05) is 36.4 Å². The Bertz CT molecular complexity index is 1280. The number of hydrogen-bond donors (Lipinski definition) is 1. The van der Waals surface area contributed by atoms with Gasteiger partial charge in [0, 0.05) is 37.6 Å². The highest BCUT2D eigenvalue weighted by molar-refractivity contribution is 7.89. The molecule has 3 aromatic rings. The van der Waals surface area contributed by atoms with Crippen LogP contribution >= 0.6 is 0 Å². The van der Waals surface area contributed by atoms with Crippen molar-refractivity contribution >= 4 is 27.3 Å². The van der Waals surface area contributed by atoms with Crippen LogP contribution in [-0.4, -0.2) is 44.8 Å². The zero-order chi connectivity index (χ0) is 24.3. The van der Waals surface area contributed by atoms with E-state index in [1.165, 1.54) is 5.56 Å². The first-order valence-electron chi connectivity index (χ1n) is 11.5. The van der Waals surface area contributed by atoms with E-state index in [2.05, 4.69) is 16.3 Å². The lowest BCUT2D eigenvalue weighted by Crippen LogP contribution is -2.48. The summed E-state index contributed by atoms with van der Waals surface area (Å²) in [7, 11) is -3.49. The zero-order valence-electron chi connectivity index (χ0n) is 19.9. The first-order valence-corrected chi connectivity index (χ1v) is 12.9. The van der Waals surface area contributed by atoms with E-state index in [1.54, 1.807) is 16.4 Å². The Kier molecular flexibility index (Phi) is 7.05. The third kappa shape index (κ3) is 5.32. The van der Waals surface area contributed by atoms with Crippen molar-refractivity contribution in [2.24, 2.45) is 0 Å². The third-order valence-electron chi connectivity index (χ3n) is 6.32. The summed E-state index contributed by atoms with van der Waals surface area (Å²) in [5, 5.41) is 2.97. The molecule has 178 valence electrons. The Labute approximate surface area is 202 Å². The first kappa shape index (κ1) is 24.0. The van der Waals surface area contributed by atoms with Crippen LogP contribution in [0.15, 0.2) is 71.6 Å². The van der Waals surface area contributed by atoms with E-state index in [1.807, 2.05) is 69.3 Å². The zero-order valence-corrected chi connectivity index (χ0v) is 20.7. The van der Waals surface area contributed by atoms with E-state index < -0.39 is 10.0 Å². The molecule has 0 radical (unpaired) electrons. The Morgan fingerprint density at radius 1 is 0.853 bits per heavy atom. The van der Waals surface area contributed by atoms with Crippen LogP contribution in [0.5, 0.6) is 0 Å². The fourth-order valence-corrected chi connectivity index (χ4v) is 6.00. The molecule has 0 aliphatic carbocycles. The lowest BCUT2D eigenvalue weighted by Gasteiger charge is -2.35. The molecule has 0 bridgehead atoms. The van der Waals surface area contributed by atoms with Crippen molar-refractivity contribution in [3.05, 3.63) is 89.0 Å². The van der Waals surface area contributed by atoms with Crippen LogP contribution < -0.4 is 10.2 Å². The Balaban J connectivity index is 1.34. The summed E-state index contributed by atoms with van der Waals surface area (Å²) in [5.41, 5.74) is 5.86.